The second-order valence-electron chi connectivity index (χ2n) is 17.6. The summed E-state index contributed by atoms with van der Waals surface area (Å²) in [5, 5.41) is 10.5. The number of carbonyl (C=O) groups is 1. The van der Waals surface area contributed by atoms with Crippen LogP contribution >= 0.6 is 0 Å². The van der Waals surface area contributed by atoms with Crippen LogP contribution in [0.2, 0.25) is 0 Å². The molecule has 0 aliphatic carbocycles. The van der Waals surface area contributed by atoms with Crippen molar-refractivity contribution < 1.29 is 47.8 Å². The lowest BCUT2D eigenvalue weighted by atomic mass is 9.78. The molecule has 0 aromatic heterocycles. The van der Waals surface area contributed by atoms with Crippen molar-refractivity contribution in [3.05, 3.63) is 24.3 Å². The molecular formula is C40H59NO10. The maximum absolute atomic E-state index is 14.0. The van der Waals surface area contributed by atoms with Crippen LogP contribution in [0.15, 0.2) is 24.3 Å². The molecule has 0 radical (unpaired) electrons. The summed E-state index contributed by atoms with van der Waals surface area (Å²) < 4.78 is 54.0. The van der Waals surface area contributed by atoms with Gasteiger partial charge in [-0.15, -0.1) is 0 Å². The minimum absolute atomic E-state index is 0.00127. The summed E-state index contributed by atoms with van der Waals surface area (Å²) in [5.74, 6) is -0.222. The molecule has 10 fully saturated rings. The fourth-order valence-corrected chi connectivity index (χ4v) is 11.3. The molecule has 0 aromatic carbocycles. The highest BCUT2D eigenvalue weighted by molar-refractivity contribution is 5.79. The molecule has 10 aliphatic heterocycles. The zero-order chi connectivity index (χ0) is 35.2. The molecule has 10 saturated heterocycles. The van der Waals surface area contributed by atoms with Crippen molar-refractivity contribution in [3.63, 3.8) is 0 Å². The van der Waals surface area contributed by atoms with E-state index in [9.17, 15) is 9.90 Å². The maximum Gasteiger partial charge on any atom is 0.172 e. The number of ketones is 1. The van der Waals surface area contributed by atoms with Gasteiger partial charge >= 0.3 is 0 Å². The third-order valence-electron chi connectivity index (χ3n) is 14.2. The highest BCUT2D eigenvalue weighted by Gasteiger charge is 2.68. The van der Waals surface area contributed by atoms with Crippen molar-refractivity contribution in [3.8, 4) is 0 Å². The molecule has 12 bridgehead atoms. The molecule has 6 unspecified atom stereocenters. The Bertz CT molecular complexity index is 1360. The fraction of sp³-hybridized carbons (Fsp3) is 0.875. The predicted octanol–water partition coefficient (Wildman–Crippen LogP) is 4.06. The third kappa shape index (κ3) is 6.53. The number of ether oxygens (including phenoxy) is 8. The van der Waals surface area contributed by atoms with Crippen LogP contribution in [0.3, 0.4) is 0 Å². The first-order valence-electron chi connectivity index (χ1n) is 20.1. The van der Waals surface area contributed by atoms with Crippen LogP contribution in [-0.4, -0.2) is 115 Å². The summed E-state index contributed by atoms with van der Waals surface area (Å²) in [6, 6.07) is 0. The molecule has 11 heteroatoms. The number of rotatable bonds is 3. The van der Waals surface area contributed by atoms with Crippen molar-refractivity contribution >= 4 is 5.78 Å². The topological polar surface area (TPSA) is 137 Å². The Morgan fingerprint density at radius 1 is 0.765 bits per heavy atom. The summed E-state index contributed by atoms with van der Waals surface area (Å²) in [6.45, 7) is 13.5. The predicted molar refractivity (Wildman–Crippen MR) is 185 cm³/mol. The number of Topliss-reactive ketones (excluding diaryl/α,β-unsaturated/α-hetero) is 1. The average Bonchev–Trinajstić information content (AvgIpc) is 3.77. The largest absolute Gasteiger partial charge is 0.392 e. The first kappa shape index (κ1) is 35.5. The average molecular weight is 714 g/mol. The van der Waals surface area contributed by atoms with Gasteiger partial charge in [0.1, 0.15) is 36.3 Å². The molecule has 10 heterocycles. The van der Waals surface area contributed by atoms with E-state index in [1.165, 1.54) is 0 Å². The van der Waals surface area contributed by atoms with Gasteiger partial charge in [0.05, 0.1) is 61.0 Å². The first-order valence-corrected chi connectivity index (χ1v) is 20.1. The van der Waals surface area contributed by atoms with Gasteiger partial charge in [-0.25, -0.2) is 0 Å². The first-order chi connectivity index (χ1) is 24.6. The van der Waals surface area contributed by atoms with E-state index in [1.54, 1.807) is 0 Å². The lowest BCUT2D eigenvalue weighted by Gasteiger charge is -2.47. The van der Waals surface area contributed by atoms with Gasteiger partial charge in [0, 0.05) is 45.1 Å². The number of hydrogen-bond donors (Lipinski definition) is 2. The van der Waals surface area contributed by atoms with Crippen LogP contribution in [0.5, 0.6) is 0 Å². The van der Waals surface area contributed by atoms with E-state index in [1.807, 2.05) is 0 Å². The standard InChI is InChI=1S/C40H59NO10/c1-19-11-25-5-7-29-20(2)12-27(44-29)9-10-40-17-34-36(50-40)37-38(49-34)39(51-40)35-30(48-37)8-6-26(46-35)13-23(42)14-28-22(4)31(15-24(43)18-41)47-33(28)16-32(45-25)21(19)3/h19,22,24-39,43H,2-3,5-18,41H2,1,4H3/t19-,22-,24?,25+,26?,27+,28-,29?,30+,31-,32?,33+,34-,35+,36?,37+,38-,39?,40+/m1/s1. The summed E-state index contributed by atoms with van der Waals surface area (Å²) in [4.78, 5) is 14.0. The number of nitrogens with two attached hydrogens (primary N) is 1. The van der Waals surface area contributed by atoms with Gasteiger partial charge in [0.25, 0.3) is 0 Å². The van der Waals surface area contributed by atoms with Crippen molar-refractivity contribution in [2.24, 2.45) is 23.5 Å². The highest BCUT2D eigenvalue weighted by Crippen LogP contribution is 2.54. The molecule has 0 amide bonds. The molecule has 51 heavy (non-hydrogen) atoms. The minimum Gasteiger partial charge on any atom is -0.392 e. The zero-order valence-electron chi connectivity index (χ0n) is 30.4. The maximum atomic E-state index is 14.0. The summed E-state index contributed by atoms with van der Waals surface area (Å²) >= 11 is 0. The summed E-state index contributed by atoms with van der Waals surface area (Å²) in [5.41, 5.74) is 8.06. The Hall–Kier alpha value is -1.25. The highest BCUT2D eigenvalue weighted by atomic mass is 16.8. The van der Waals surface area contributed by atoms with Crippen molar-refractivity contribution in [1.82, 2.24) is 0 Å². The second kappa shape index (κ2) is 13.8. The van der Waals surface area contributed by atoms with Crippen LogP contribution in [0.4, 0.5) is 0 Å². The number of hydrogen-bond acceptors (Lipinski definition) is 11. The van der Waals surface area contributed by atoms with Gasteiger partial charge in [-0.3, -0.25) is 4.79 Å². The molecular weight excluding hydrogens is 654 g/mol. The molecule has 3 N–H and O–H groups in total. The molecule has 0 aromatic rings. The van der Waals surface area contributed by atoms with Crippen LogP contribution in [0.25, 0.3) is 0 Å². The number of carbonyl (C=O) groups excluding carboxylic acids is 1. The van der Waals surface area contributed by atoms with Gasteiger partial charge in [-0.05, 0) is 73.8 Å². The van der Waals surface area contributed by atoms with E-state index < -0.39 is 11.9 Å². The Labute approximate surface area is 302 Å². The van der Waals surface area contributed by atoms with E-state index >= 15 is 0 Å². The van der Waals surface area contributed by atoms with E-state index in [0.717, 1.165) is 56.1 Å². The van der Waals surface area contributed by atoms with E-state index in [-0.39, 0.29) is 110 Å². The van der Waals surface area contributed by atoms with E-state index in [2.05, 4.69) is 27.0 Å². The molecule has 284 valence electrons. The third-order valence-corrected chi connectivity index (χ3v) is 14.2. The molecule has 11 nitrogen and oxygen atoms in total. The van der Waals surface area contributed by atoms with Crippen LogP contribution < -0.4 is 5.73 Å². The van der Waals surface area contributed by atoms with E-state index in [0.29, 0.717) is 44.4 Å². The number of fused-ring (bicyclic) bond motifs is 6. The van der Waals surface area contributed by atoms with Crippen molar-refractivity contribution in [2.45, 2.75) is 195 Å². The molecule has 10 aliphatic rings. The van der Waals surface area contributed by atoms with Gasteiger partial charge in [0.15, 0.2) is 5.79 Å². The number of aliphatic hydroxyl groups is 1. The summed E-state index contributed by atoms with van der Waals surface area (Å²) in [6.07, 6.45) is 6.43. The lowest BCUT2D eigenvalue weighted by Crippen LogP contribution is -2.61. The Morgan fingerprint density at radius 2 is 1.51 bits per heavy atom. The lowest BCUT2D eigenvalue weighted by molar-refractivity contribution is -0.292. The van der Waals surface area contributed by atoms with Crippen LogP contribution in [0.1, 0.15) is 97.3 Å². The molecule has 10 rings (SSSR count). The van der Waals surface area contributed by atoms with Gasteiger partial charge in [0.2, 0.25) is 0 Å². The molecule has 0 saturated carbocycles. The normalized spacial score (nSPS) is 53.2. The number of aliphatic hydroxyl groups excluding tert-OH is 1. The van der Waals surface area contributed by atoms with E-state index in [4.69, 9.17) is 43.6 Å². The molecule has 19 atom stereocenters. The SMILES string of the molecule is C=C1C[C@@H]2CC[C@@]34C[C@H]5O[C@H]6C(O3)[C@H]3OC(CC[C@@H]3O[C@H]6C5O4)CC(=O)C[C@@H]3[C@@H](C)[C@@H](CC(O)CN)O[C@H]3CC3O[C@@H](CCC1O2)C[C@@H](C)C3=C. The second-order valence-corrected chi connectivity index (χ2v) is 17.6. The summed E-state index contributed by atoms with van der Waals surface area (Å²) in [7, 11) is 0. The van der Waals surface area contributed by atoms with Crippen molar-refractivity contribution in [2.75, 3.05) is 6.54 Å². The smallest absolute Gasteiger partial charge is 0.172 e. The zero-order valence-corrected chi connectivity index (χ0v) is 30.4. The Morgan fingerprint density at radius 3 is 2.35 bits per heavy atom. The monoisotopic (exact) mass is 713 g/mol. The Balaban J connectivity index is 0.986. The van der Waals surface area contributed by atoms with Crippen molar-refractivity contribution in [1.29, 1.82) is 0 Å². The fourth-order valence-electron chi connectivity index (χ4n) is 11.3. The van der Waals surface area contributed by atoms with Gasteiger partial charge < -0.3 is 48.7 Å². The molecule has 1 spiro atoms. The minimum atomic E-state index is -0.765. The van der Waals surface area contributed by atoms with Crippen LogP contribution in [-0.2, 0) is 42.7 Å². The van der Waals surface area contributed by atoms with Gasteiger partial charge in [-0.1, -0.05) is 27.0 Å². The Kier molecular flexibility index (Phi) is 9.59. The van der Waals surface area contributed by atoms with Gasteiger partial charge in [-0.2, -0.15) is 0 Å². The quantitative estimate of drug-likeness (QED) is 0.410. The van der Waals surface area contributed by atoms with Crippen LogP contribution in [0, 0.1) is 17.8 Å².